The number of carboxylic acids is 1. The van der Waals surface area contributed by atoms with E-state index in [2.05, 4.69) is 0 Å². The molecule has 0 bridgehead atoms. The number of halogens is 4. The molecule has 1 N–H and O–H groups in total. The number of hydrogen-bond donors (Lipinski definition) is 1. The molecule has 0 aromatic heterocycles. The molecule has 1 aromatic rings. The van der Waals surface area contributed by atoms with Gasteiger partial charge >= 0.3 is 5.97 Å². The van der Waals surface area contributed by atoms with Gasteiger partial charge in [-0.15, -0.1) is 11.8 Å². The fraction of sp³-hybridized carbons (Fsp3) is 0.720. The number of thioether (sulfide) groups is 1. The molecule has 37 heavy (non-hydrogen) atoms. The topological polar surface area (TPSA) is 83.9 Å². The molecule has 2 aliphatic rings. The lowest BCUT2D eigenvalue weighted by Gasteiger charge is -2.39. The van der Waals surface area contributed by atoms with Gasteiger partial charge < -0.3 is 14.7 Å². The van der Waals surface area contributed by atoms with Crippen LogP contribution >= 0.6 is 11.8 Å². The average molecular weight is 570 g/mol. The summed E-state index contributed by atoms with van der Waals surface area (Å²) in [7, 11) is -3.95. The van der Waals surface area contributed by atoms with Crippen LogP contribution in [0.25, 0.3) is 0 Å². The van der Waals surface area contributed by atoms with Crippen molar-refractivity contribution in [3.8, 4) is 5.75 Å². The van der Waals surface area contributed by atoms with Crippen LogP contribution in [0.2, 0.25) is 0 Å². The number of hydrogen-bond acceptors (Lipinski definition) is 6. The Kier molecular flexibility index (Phi) is 8.73. The Bertz CT molecular complexity index is 1100. The minimum atomic E-state index is -3.95. The van der Waals surface area contributed by atoms with Crippen LogP contribution in [-0.4, -0.2) is 62.5 Å². The summed E-state index contributed by atoms with van der Waals surface area (Å²) in [6.45, 7) is 3.73. The number of ether oxygens (including phenoxy) is 1. The number of aliphatic carboxylic acids is 1. The minimum absolute atomic E-state index is 0.0261. The molecule has 1 heterocycles. The molecule has 6 nitrogen and oxygen atoms in total. The quantitative estimate of drug-likeness (QED) is 0.283. The molecular formula is C25H35F4NO5S2. The lowest BCUT2D eigenvalue weighted by atomic mass is 9.89. The largest absolute Gasteiger partial charge is 0.491 e. The van der Waals surface area contributed by atoms with Gasteiger partial charge in [0.25, 0.3) is 0 Å². The molecule has 1 fully saturated rings. The summed E-state index contributed by atoms with van der Waals surface area (Å²) < 4.78 is 88.0. The molecule has 3 rings (SSSR count). The molecule has 0 spiro atoms. The second kappa shape index (κ2) is 10.8. The zero-order valence-corrected chi connectivity index (χ0v) is 23.2. The van der Waals surface area contributed by atoms with Crippen molar-refractivity contribution in [1.82, 2.24) is 0 Å². The molecule has 0 radical (unpaired) electrons. The Morgan fingerprint density at radius 2 is 1.84 bits per heavy atom. The SMILES string of the molecule is CSc1cc2c(cc1OCC(C)(C)C(=O)O)S(=O)(=O)C[C@H](CCC(C)(F)F)CN2C1CCC(F)(F)CC1. The first kappa shape index (κ1) is 29.9. The molecule has 1 aromatic carbocycles. The summed E-state index contributed by atoms with van der Waals surface area (Å²) in [6.07, 6.45) is 0.922. The highest BCUT2D eigenvalue weighted by Crippen LogP contribution is 2.45. The Hall–Kier alpha value is -1.69. The van der Waals surface area contributed by atoms with Gasteiger partial charge in [-0.05, 0) is 58.3 Å². The number of sulfone groups is 1. The maximum Gasteiger partial charge on any atom is 0.312 e. The van der Waals surface area contributed by atoms with Crippen molar-refractivity contribution in [2.75, 3.05) is 30.1 Å². The van der Waals surface area contributed by atoms with E-state index in [1.54, 1.807) is 12.3 Å². The van der Waals surface area contributed by atoms with Crippen LogP contribution < -0.4 is 9.64 Å². The molecule has 12 heteroatoms. The van der Waals surface area contributed by atoms with Gasteiger partial charge in [-0.1, -0.05) is 0 Å². The first-order chi connectivity index (χ1) is 16.9. The molecule has 0 amide bonds. The van der Waals surface area contributed by atoms with E-state index < -0.39 is 45.4 Å². The monoisotopic (exact) mass is 569 g/mol. The standard InChI is InChI=1S/C25H35F4NO5S2/c1-23(2,22(31)32)15-35-19-12-21-18(11-20(19)36-4)30(17-6-9-25(28,29)10-7-17)13-16(14-37(21,33)34)5-8-24(3,26)27/h11-12,16-17H,5-10,13-15H2,1-4H3,(H,31,32)/t16-/m1/s1. The normalized spacial score (nSPS) is 22.3. The van der Waals surface area contributed by atoms with Crippen molar-refractivity contribution < 1.29 is 40.6 Å². The van der Waals surface area contributed by atoms with Crippen LogP contribution in [0.15, 0.2) is 21.9 Å². The van der Waals surface area contributed by atoms with E-state index in [0.29, 0.717) is 10.6 Å². The second-order valence-corrected chi connectivity index (χ2v) is 13.8. The van der Waals surface area contributed by atoms with Gasteiger partial charge in [-0.2, -0.15) is 0 Å². The summed E-state index contributed by atoms with van der Waals surface area (Å²) >= 11 is 1.28. The second-order valence-electron chi connectivity index (χ2n) is 10.9. The maximum absolute atomic E-state index is 13.9. The van der Waals surface area contributed by atoms with E-state index in [-0.39, 0.29) is 67.7 Å². The van der Waals surface area contributed by atoms with Crippen LogP contribution in [0.1, 0.15) is 59.3 Å². The predicted octanol–water partition coefficient (Wildman–Crippen LogP) is 6.12. The fourth-order valence-electron chi connectivity index (χ4n) is 4.74. The van der Waals surface area contributed by atoms with Crippen LogP contribution in [0.5, 0.6) is 5.75 Å². The fourth-order valence-corrected chi connectivity index (χ4v) is 7.14. The van der Waals surface area contributed by atoms with Gasteiger partial charge in [0, 0.05) is 37.9 Å². The Balaban J connectivity index is 2.05. The molecule has 1 aliphatic heterocycles. The maximum atomic E-state index is 13.9. The van der Waals surface area contributed by atoms with Crippen molar-refractivity contribution in [2.45, 2.75) is 87.0 Å². The van der Waals surface area contributed by atoms with E-state index in [1.807, 2.05) is 4.90 Å². The number of nitrogens with zero attached hydrogens (tertiary/aromatic N) is 1. The first-order valence-corrected chi connectivity index (χ1v) is 15.2. The van der Waals surface area contributed by atoms with Crippen molar-refractivity contribution in [2.24, 2.45) is 11.3 Å². The summed E-state index contributed by atoms with van der Waals surface area (Å²) in [5.74, 6) is -7.56. The van der Waals surface area contributed by atoms with Gasteiger partial charge in [0.1, 0.15) is 12.4 Å². The number of rotatable bonds is 9. The highest BCUT2D eigenvalue weighted by atomic mass is 32.2. The van der Waals surface area contributed by atoms with Crippen molar-refractivity contribution in [3.63, 3.8) is 0 Å². The number of benzene rings is 1. The molecule has 210 valence electrons. The third-order valence-corrected chi connectivity index (χ3v) is 9.75. The Morgan fingerprint density at radius 3 is 2.38 bits per heavy atom. The highest BCUT2D eigenvalue weighted by Gasteiger charge is 2.41. The molecular weight excluding hydrogens is 534 g/mol. The van der Waals surface area contributed by atoms with Crippen LogP contribution in [-0.2, 0) is 14.6 Å². The van der Waals surface area contributed by atoms with Gasteiger partial charge in [0.05, 0.1) is 26.6 Å². The number of alkyl halides is 4. The van der Waals surface area contributed by atoms with Gasteiger partial charge in [-0.25, -0.2) is 26.0 Å². The summed E-state index contributed by atoms with van der Waals surface area (Å²) in [4.78, 5) is 13.9. The van der Waals surface area contributed by atoms with Crippen molar-refractivity contribution in [3.05, 3.63) is 12.1 Å². The molecule has 0 unspecified atom stereocenters. The Morgan fingerprint density at radius 1 is 1.22 bits per heavy atom. The molecule has 1 saturated carbocycles. The van der Waals surface area contributed by atoms with Crippen LogP contribution in [0.4, 0.5) is 23.2 Å². The zero-order valence-electron chi connectivity index (χ0n) is 21.5. The highest BCUT2D eigenvalue weighted by molar-refractivity contribution is 7.98. The summed E-state index contributed by atoms with van der Waals surface area (Å²) in [5.41, 5.74) is -0.868. The predicted molar refractivity (Wildman–Crippen MR) is 135 cm³/mol. The average Bonchev–Trinajstić information content (AvgIpc) is 2.88. The summed E-state index contributed by atoms with van der Waals surface area (Å²) in [6, 6.07) is 2.66. The third kappa shape index (κ3) is 7.46. The van der Waals surface area contributed by atoms with E-state index in [9.17, 15) is 35.9 Å². The number of anilines is 1. The number of fused-ring (bicyclic) bond motifs is 1. The van der Waals surface area contributed by atoms with Gasteiger partial charge in [-0.3, -0.25) is 4.79 Å². The lowest BCUT2D eigenvalue weighted by Crippen LogP contribution is -2.43. The minimum Gasteiger partial charge on any atom is -0.491 e. The lowest BCUT2D eigenvalue weighted by molar-refractivity contribution is -0.148. The Labute approximate surface area is 220 Å². The third-order valence-electron chi connectivity index (χ3n) is 7.09. The van der Waals surface area contributed by atoms with Gasteiger partial charge in [0.15, 0.2) is 9.84 Å². The smallest absolute Gasteiger partial charge is 0.312 e. The van der Waals surface area contributed by atoms with E-state index in [4.69, 9.17) is 4.74 Å². The summed E-state index contributed by atoms with van der Waals surface area (Å²) in [5, 5.41) is 9.42. The number of carbonyl (C=O) groups is 1. The first-order valence-electron chi connectivity index (χ1n) is 12.3. The van der Waals surface area contributed by atoms with Crippen LogP contribution in [0.3, 0.4) is 0 Å². The van der Waals surface area contributed by atoms with Crippen LogP contribution in [0, 0.1) is 11.3 Å². The van der Waals surface area contributed by atoms with Gasteiger partial charge in [0.2, 0.25) is 11.8 Å². The van der Waals surface area contributed by atoms with E-state index in [1.165, 1.54) is 31.7 Å². The molecule has 1 atom stereocenters. The van der Waals surface area contributed by atoms with Crippen molar-refractivity contribution in [1.29, 1.82) is 0 Å². The molecule has 1 aliphatic carbocycles. The van der Waals surface area contributed by atoms with E-state index in [0.717, 1.165) is 6.92 Å². The van der Waals surface area contributed by atoms with E-state index >= 15 is 0 Å². The number of carboxylic acid groups (broad SMARTS) is 1. The molecule has 0 saturated heterocycles. The van der Waals surface area contributed by atoms with Crippen molar-refractivity contribution >= 4 is 33.3 Å². The zero-order chi connectivity index (χ0) is 27.8.